The largest absolute Gasteiger partial charge is 0.333 e. The fraction of sp³-hybridized carbons (Fsp3) is 0.533. The van der Waals surface area contributed by atoms with Crippen molar-refractivity contribution in [3.8, 4) is 11.5 Å². The third-order valence-electron chi connectivity index (χ3n) is 4.00. The van der Waals surface area contributed by atoms with Gasteiger partial charge in [-0.3, -0.25) is 9.88 Å². The second kappa shape index (κ2) is 5.32. The van der Waals surface area contributed by atoms with Gasteiger partial charge in [0, 0.05) is 25.5 Å². The summed E-state index contributed by atoms with van der Waals surface area (Å²) < 4.78 is 1.97. The normalized spacial score (nSPS) is 19.9. The van der Waals surface area contributed by atoms with Crippen molar-refractivity contribution in [1.82, 2.24) is 24.4 Å². The molecule has 106 valence electrons. The molecule has 1 saturated heterocycles. The van der Waals surface area contributed by atoms with Crippen LogP contribution >= 0.6 is 0 Å². The van der Waals surface area contributed by atoms with Crippen LogP contribution in [-0.2, 0) is 7.05 Å². The number of hydrogen-bond donors (Lipinski definition) is 0. The van der Waals surface area contributed by atoms with E-state index in [1.807, 2.05) is 24.0 Å². The third kappa shape index (κ3) is 2.33. The van der Waals surface area contributed by atoms with Crippen molar-refractivity contribution in [1.29, 1.82) is 0 Å². The zero-order valence-corrected chi connectivity index (χ0v) is 12.3. The minimum Gasteiger partial charge on any atom is -0.333 e. The summed E-state index contributed by atoms with van der Waals surface area (Å²) in [4.78, 5) is 16.0. The Morgan fingerprint density at radius 2 is 2.15 bits per heavy atom. The summed E-state index contributed by atoms with van der Waals surface area (Å²) in [5, 5.41) is 0. The van der Waals surface area contributed by atoms with Crippen LogP contribution in [-0.4, -0.2) is 37.0 Å². The van der Waals surface area contributed by atoms with E-state index in [2.05, 4.69) is 28.7 Å². The molecule has 2 aromatic rings. The predicted molar refractivity (Wildman–Crippen MR) is 78.1 cm³/mol. The van der Waals surface area contributed by atoms with Crippen LogP contribution in [0, 0.1) is 0 Å². The molecule has 3 rings (SSSR count). The van der Waals surface area contributed by atoms with Gasteiger partial charge in [-0.15, -0.1) is 0 Å². The highest BCUT2D eigenvalue weighted by Gasteiger charge is 2.29. The number of rotatable bonds is 3. The van der Waals surface area contributed by atoms with E-state index >= 15 is 0 Å². The zero-order chi connectivity index (χ0) is 14.1. The van der Waals surface area contributed by atoms with Gasteiger partial charge in [0.25, 0.3) is 0 Å². The summed E-state index contributed by atoms with van der Waals surface area (Å²) in [6, 6.07) is 0.934. The summed E-state index contributed by atoms with van der Waals surface area (Å²) in [7, 11) is 1.98. The molecule has 5 nitrogen and oxygen atoms in total. The van der Waals surface area contributed by atoms with Crippen LogP contribution in [0.3, 0.4) is 0 Å². The molecular formula is C15H21N5. The van der Waals surface area contributed by atoms with Gasteiger partial charge in [-0.25, -0.2) is 9.97 Å². The minimum atomic E-state index is 0.391. The average molecular weight is 271 g/mol. The molecule has 2 aromatic heterocycles. The van der Waals surface area contributed by atoms with Crippen molar-refractivity contribution in [2.45, 2.75) is 38.8 Å². The Morgan fingerprint density at radius 1 is 1.30 bits per heavy atom. The first-order valence-electron chi connectivity index (χ1n) is 7.22. The zero-order valence-electron chi connectivity index (χ0n) is 12.3. The summed E-state index contributed by atoms with van der Waals surface area (Å²) in [6.07, 6.45) is 9.81. The molecule has 0 bridgehead atoms. The van der Waals surface area contributed by atoms with Gasteiger partial charge in [-0.2, -0.15) is 0 Å². The number of aromatic nitrogens is 4. The van der Waals surface area contributed by atoms with E-state index in [4.69, 9.17) is 4.98 Å². The molecule has 0 aromatic carbocycles. The highest BCUT2D eigenvalue weighted by atomic mass is 15.2. The fourth-order valence-corrected chi connectivity index (χ4v) is 2.99. The maximum absolute atomic E-state index is 4.80. The molecule has 0 spiro atoms. The lowest BCUT2D eigenvalue weighted by Gasteiger charge is -2.27. The van der Waals surface area contributed by atoms with Gasteiger partial charge in [-0.1, -0.05) is 0 Å². The Hall–Kier alpha value is -1.75. The van der Waals surface area contributed by atoms with E-state index in [1.54, 1.807) is 12.4 Å². The number of imidazole rings is 1. The van der Waals surface area contributed by atoms with Gasteiger partial charge in [-0.05, 0) is 33.2 Å². The van der Waals surface area contributed by atoms with Crippen molar-refractivity contribution in [3.05, 3.63) is 30.5 Å². The lowest BCUT2D eigenvalue weighted by atomic mass is 10.1. The van der Waals surface area contributed by atoms with Gasteiger partial charge in [0.05, 0.1) is 24.1 Å². The van der Waals surface area contributed by atoms with Crippen molar-refractivity contribution in [2.75, 3.05) is 6.54 Å². The molecule has 0 radical (unpaired) electrons. The Bertz CT molecular complexity index is 589. The summed E-state index contributed by atoms with van der Waals surface area (Å²) in [5.74, 6) is 0.869. The maximum atomic E-state index is 4.80. The molecule has 0 N–H and O–H groups in total. The molecule has 0 aliphatic carbocycles. The molecule has 1 fully saturated rings. The number of aryl methyl sites for hydroxylation is 1. The van der Waals surface area contributed by atoms with Gasteiger partial charge in [0.15, 0.2) is 5.82 Å². The van der Waals surface area contributed by atoms with E-state index in [0.717, 1.165) is 30.2 Å². The molecule has 5 heteroatoms. The van der Waals surface area contributed by atoms with Crippen LogP contribution in [0.15, 0.2) is 24.8 Å². The average Bonchev–Trinajstić information content (AvgIpc) is 3.07. The first-order valence-corrected chi connectivity index (χ1v) is 7.22. The number of likely N-dealkylation sites (tertiary alicyclic amines) is 1. The van der Waals surface area contributed by atoms with Crippen molar-refractivity contribution < 1.29 is 0 Å². The number of hydrogen-bond acceptors (Lipinski definition) is 4. The van der Waals surface area contributed by atoms with E-state index in [1.165, 1.54) is 6.42 Å². The Labute approximate surface area is 119 Å². The van der Waals surface area contributed by atoms with Crippen LogP contribution in [0.2, 0.25) is 0 Å². The molecule has 1 aliphatic rings. The van der Waals surface area contributed by atoms with Crippen LogP contribution < -0.4 is 0 Å². The summed E-state index contributed by atoms with van der Waals surface area (Å²) in [5.41, 5.74) is 1.92. The molecule has 0 saturated carbocycles. The van der Waals surface area contributed by atoms with E-state index < -0.39 is 0 Å². The third-order valence-corrected chi connectivity index (χ3v) is 4.00. The van der Waals surface area contributed by atoms with Crippen LogP contribution in [0.1, 0.15) is 38.4 Å². The Balaban J connectivity index is 1.94. The lowest BCUT2D eigenvalue weighted by Crippen LogP contribution is -2.30. The smallest absolute Gasteiger partial charge is 0.159 e. The maximum Gasteiger partial charge on any atom is 0.159 e. The van der Waals surface area contributed by atoms with Gasteiger partial charge >= 0.3 is 0 Å². The predicted octanol–water partition coefficient (Wildman–Crippen LogP) is 2.42. The summed E-state index contributed by atoms with van der Waals surface area (Å²) in [6.45, 7) is 5.64. The molecule has 0 amide bonds. The SMILES string of the molecule is CC(C)N1CCC[C@@H]1c1cncc(-c2nccn2C)n1. The van der Waals surface area contributed by atoms with Gasteiger partial charge < -0.3 is 4.57 Å². The Morgan fingerprint density at radius 3 is 2.85 bits per heavy atom. The van der Waals surface area contributed by atoms with Gasteiger partial charge in [0.2, 0.25) is 0 Å². The van der Waals surface area contributed by atoms with Crippen LogP contribution in [0.5, 0.6) is 0 Å². The monoisotopic (exact) mass is 271 g/mol. The fourth-order valence-electron chi connectivity index (χ4n) is 2.99. The van der Waals surface area contributed by atoms with Crippen LogP contribution in [0.25, 0.3) is 11.5 Å². The molecular weight excluding hydrogens is 250 g/mol. The van der Waals surface area contributed by atoms with E-state index in [-0.39, 0.29) is 0 Å². The first-order chi connectivity index (χ1) is 9.66. The number of nitrogens with zero attached hydrogens (tertiary/aromatic N) is 5. The molecule has 1 aliphatic heterocycles. The molecule has 1 atom stereocenters. The topological polar surface area (TPSA) is 46.8 Å². The van der Waals surface area contributed by atoms with Crippen molar-refractivity contribution in [3.63, 3.8) is 0 Å². The lowest BCUT2D eigenvalue weighted by molar-refractivity contribution is 0.202. The van der Waals surface area contributed by atoms with Crippen LogP contribution in [0.4, 0.5) is 0 Å². The van der Waals surface area contributed by atoms with Crippen molar-refractivity contribution >= 4 is 0 Å². The molecule has 20 heavy (non-hydrogen) atoms. The standard InChI is InChI=1S/C15H21N5/c1-11(2)20-7-4-5-14(20)12-9-16-10-13(18-12)15-17-6-8-19(15)3/h6,8-11,14H,4-5,7H2,1-3H3/t14-/m1/s1. The quantitative estimate of drug-likeness (QED) is 0.860. The highest BCUT2D eigenvalue weighted by Crippen LogP contribution is 2.32. The second-order valence-electron chi connectivity index (χ2n) is 5.68. The van der Waals surface area contributed by atoms with Gasteiger partial charge in [0.1, 0.15) is 5.69 Å². The van der Waals surface area contributed by atoms with E-state index in [0.29, 0.717) is 12.1 Å². The first kappa shape index (κ1) is 13.2. The molecule has 3 heterocycles. The molecule has 0 unspecified atom stereocenters. The second-order valence-corrected chi connectivity index (χ2v) is 5.68. The Kier molecular flexibility index (Phi) is 3.53. The minimum absolute atomic E-state index is 0.391. The summed E-state index contributed by atoms with van der Waals surface area (Å²) >= 11 is 0. The van der Waals surface area contributed by atoms with Crippen molar-refractivity contribution in [2.24, 2.45) is 7.05 Å². The van der Waals surface area contributed by atoms with E-state index in [9.17, 15) is 0 Å². The highest BCUT2D eigenvalue weighted by molar-refractivity contribution is 5.48.